The third kappa shape index (κ3) is 3.91. The molecule has 0 aromatic rings. The molecule has 0 amide bonds. The summed E-state index contributed by atoms with van der Waals surface area (Å²) in [4.78, 5) is 11.1. The highest BCUT2D eigenvalue weighted by atomic mass is 19.4. The van der Waals surface area contributed by atoms with Gasteiger partial charge in [0.1, 0.15) is 6.10 Å². The molecule has 1 heterocycles. The minimum Gasteiger partial charge on any atom is -0.443 e. The fraction of sp³-hybridized carbons (Fsp3) is 0.750. The van der Waals surface area contributed by atoms with Crippen LogP contribution in [0.5, 0.6) is 0 Å². The summed E-state index contributed by atoms with van der Waals surface area (Å²) in [5.74, 6) is -5.85. The van der Waals surface area contributed by atoms with Crippen molar-refractivity contribution in [1.29, 1.82) is 0 Å². The highest BCUT2D eigenvalue weighted by molar-refractivity contribution is 5.87. The molecule has 1 aliphatic rings. The Morgan fingerprint density at radius 1 is 1.30 bits per heavy atom. The molecular weight excluding hydrogens is 287 g/mol. The van der Waals surface area contributed by atoms with E-state index < -0.39 is 30.3 Å². The van der Waals surface area contributed by atoms with Gasteiger partial charge < -0.3 is 9.47 Å². The van der Waals surface area contributed by atoms with E-state index in [-0.39, 0.29) is 18.6 Å². The quantitative estimate of drug-likeness (QED) is 0.454. The first-order valence-electron chi connectivity index (χ1n) is 5.99. The largest absolute Gasteiger partial charge is 0.443 e. The highest BCUT2D eigenvalue weighted by Crippen LogP contribution is 2.40. The zero-order chi connectivity index (χ0) is 15.6. The second kappa shape index (κ2) is 6.07. The molecule has 1 saturated heterocycles. The molecule has 1 rings (SSSR count). The molecule has 0 aromatic carbocycles. The summed E-state index contributed by atoms with van der Waals surface area (Å²) >= 11 is 0. The minimum atomic E-state index is -5.39. The number of carbonyl (C=O) groups is 1. The Labute approximate surface area is 112 Å². The number of carbonyl (C=O) groups excluding carboxylic acids is 1. The second-order valence-corrected chi connectivity index (χ2v) is 4.64. The van der Waals surface area contributed by atoms with Crippen LogP contribution in [0.3, 0.4) is 0 Å². The SMILES string of the molecule is C=C(C)C(=O)OC(C(F)(F)F)C(F)(F)C1CCCCO1. The Kier molecular flexibility index (Phi) is 5.12. The van der Waals surface area contributed by atoms with E-state index in [1.807, 2.05) is 0 Å². The second-order valence-electron chi connectivity index (χ2n) is 4.64. The number of hydrogen-bond donors (Lipinski definition) is 0. The van der Waals surface area contributed by atoms with Gasteiger partial charge in [-0.2, -0.15) is 22.0 Å². The van der Waals surface area contributed by atoms with Crippen LogP contribution in [-0.4, -0.2) is 36.9 Å². The molecule has 1 aliphatic heterocycles. The fourth-order valence-corrected chi connectivity index (χ4v) is 1.78. The molecule has 0 N–H and O–H groups in total. The van der Waals surface area contributed by atoms with Crippen molar-refractivity contribution in [3.8, 4) is 0 Å². The first-order chi connectivity index (χ1) is 9.06. The maximum atomic E-state index is 13.9. The smallest absolute Gasteiger partial charge is 0.431 e. The Hall–Kier alpha value is -1.18. The standard InChI is InChI=1S/C12H15F5O3/c1-7(2)9(18)20-10(12(15,16)17)11(13,14)8-5-3-4-6-19-8/h8,10H,1,3-6H2,2H3. The van der Waals surface area contributed by atoms with Crippen molar-refractivity contribution in [1.82, 2.24) is 0 Å². The lowest BCUT2D eigenvalue weighted by atomic mass is 9.98. The summed E-state index contributed by atoms with van der Waals surface area (Å²) in [6.07, 6.45) is -10.2. The molecule has 0 radical (unpaired) electrons. The lowest BCUT2D eigenvalue weighted by Gasteiger charge is -2.35. The number of ether oxygens (including phenoxy) is 2. The third-order valence-corrected chi connectivity index (χ3v) is 2.83. The molecule has 0 spiro atoms. The van der Waals surface area contributed by atoms with Crippen LogP contribution in [0.15, 0.2) is 12.2 Å². The fourth-order valence-electron chi connectivity index (χ4n) is 1.78. The summed E-state index contributed by atoms with van der Waals surface area (Å²) in [5, 5.41) is 0. The van der Waals surface area contributed by atoms with E-state index in [1.165, 1.54) is 0 Å². The average Bonchev–Trinajstić information content (AvgIpc) is 2.34. The van der Waals surface area contributed by atoms with E-state index in [2.05, 4.69) is 11.3 Å². The lowest BCUT2D eigenvalue weighted by molar-refractivity contribution is -0.302. The van der Waals surface area contributed by atoms with Crippen LogP contribution in [0.2, 0.25) is 0 Å². The molecule has 0 aliphatic carbocycles. The van der Waals surface area contributed by atoms with Gasteiger partial charge in [0, 0.05) is 12.2 Å². The number of esters is 1. The Morgan fingerprint density at radius 2 is 1.90 bits per heavy atom. The van der Waals surface area contributed by atoms with Crippen molar-refractivity contribution in [3.05, 3.63) is 12.2 Å². The number of halogens is 5. The van der Waals surface area contributed by atoms with Gasteiger partial charge in [0.2, 0.25) is 0 Å². The van der Waals surface area contributed by atoms with Crippen molar-refractivity contribution in [2.45, 2.75) is 50.5 Å². The summed E-state index contributed by atoms with van der Waals surface area (Å²) in [5.41, 5.74) is -0.389. The zero-order valence-corrected chi connectivity index (χ0v) is 10.8. The Balaban J connectivity index is 2.96. The van der Waals surface area contributed by atoms with Crippen LogP contribution >= 0.6 is 0 Å². The van der Waals surface area contributed by atoms with Crippen molar-refractivity contribution in [2.24, 2.45) is 0 Å². The lowest BCUT2D eigenvalue weighted by Crippen LogP contribution is -2.55. The molecule has 116 valence electrons. The maximum absolute atomic E-state index is 13.9. The van der Waals surface area contributed by atoms with Crippen molar-refractivity contribution < 1.29 is 36.2 Å². The van der Waals surface area contributed by atoms with Crippen LogP contribution in [0.25, 0.3) is 0 Å². The average molecular weight is 302 g/mol. The number of alkyl halides is 5. The zero-order valence-electron chi connectivity index (χ0n) is 10.8. The van der Waals surface area contributed by atoms with E-state index in [4.69, 9.17) is 4.74 Å². The molecule has 8 heteroatoms. The Morgan fingerprint density at radius 3 is 2.30 bits per heavy atom. The molecule has 2 unspecified atom stereocenters. The maximum Gasteiger partial charge on any atom is 0.431 e. The minimum absolute atomic E-state index is 0.0424. The predicted molar refractivity (Wildman–Crippen MR) is 59.3 cm³/mol. The molecule has 3 nitrogen and oxygen atoms in total. The van der Waals surface area contributed by atoms with E-state index in [9.17, 15) is 26.7 Å². The molecule has 1 fully saturated rings. The van der Waals surface area contributed by atoms with Gasteiger partial charge in [-0.25, -0.2) is 4.79 Å². The van der Waals surface area contributed by atoms with Gasteiger partial charge in [-0.3, -0.25) is 0 Å². The van der Waals surface area contributed by atoms with Gasteiger partial charge in [0.15, 0.2) is 0 Å². The van der Waals surface area contributed by atoms with Gasteiger partial charge in [-0.05, 0) is 26.2 Å². The molecular formula is C12H15F5O3. The molecule has 0 saturated carbocycles. The first kappa shape index (κ1) is 16.9. The predicted octanol–water partition coefficient (Wildman–Crippen LogP) is 3.24. The van der Waals surface area contributed by atoms with Crippen LogP contribution in [0, 0.1) is 0 Å². The third-order valence-electron chi connectivity index (χ3n) is 2.83. The van der Waals surface area contributed by atoms with E-state index in [0.29, 0.717) is 12.8 Å². The topological polar surface area (TPSA) is 35.5 Å². The van der Waals surface area contributed by atoms with E-state index in [0.717, 1.165) is 6.92 Å². The number of rotatable bonds is 4. The molecule has 20 heavy (non-hydrogen) atoms. The summed E-state index contributed by atoms with van der Waals surface area (Å²) in [7, 11) is 0. The van der Waals surface area contributed by atoms with Gasteiger partial charge in [0.25, 0.3) is 6.10 Å². The molecule has 0 aromatic heterocycles. The Bertz CT molecular complexity index is 372. The van der Waals surface area contributed by atoms with Crippen molar-refractivity contribution in [3.63, 3.8) is 0 Å². The van der Waals surface area contributed by atoms with Gasteiger partial charge in [0.05, 0.1) is 0 Å². The first-order valence-corrected chi connectivity index (χ1v) is 5.99. The van der Waals surface area contributed by atoms with Gasteiger partial charge in [-0.15, -0.1) is 0 Å². The van der Waals surface area contributed by atoms with Crippen LogP contribution in [0.1, 0.15) is 26.2 Å². The monoisotopic (exact) mass is 302 g/mol. The summed E-state index contributed by atoms with van der Waals surface area (Å²) < 4.78 is 74.7. The molecule has 2 atom stereocenters. The summed E-state index contributed by atoms with van der Waals surface area (Å²) in [6.45, 7) is 4.10. The van der Waals surface area contributed by atoms with E-state index in [1.54, 1.807) is 0 Å². The summed E-state index contributed by atoms with van der Waals surface area (Å²) in [6, 6.07) is 0. The van der Waals surface area contributed by atoms with Crippen molar-refractivity contribution in [2.75, 3.05) is 6.61 Å². The van der Waals surface area contributed by atoms with Crippen LogP contribution in [0.4, 0.5) is 22.0 Å². The van der Waals surface area contributed by atoms with Gasteiger partial charge >= 0.3 is 18.1 Å². The van der Waals surface area contributed by atoms with Gasteiger partial charge in [-0.1, -0.05) is 6.58 Å². The molecule has 0 bridgehead atoms. The van der Waals surface area contributed by atoms with Crippen molar-refractivity contribution >= 4 is 5.97 Å². The number of hydrogen-bond acceptors (Lipinski definition) is 3. The normalized spacial score (nSPS) is 22.2. The van der Waals surface area contributed by atoms with Crippen LogP contribution < -0.4 is 0 Å². The van der Waals surface area contributed by atoms with E-state index >= 15 is 0 Å². The highest BCUT2D eigenvalue weighted by Gasteiger charge is 2.62. The van der Waals surface area contributed by atoms with Crippen LogP contribution in [-0.2, 0) is 14.3 Å².